The molecule has 3 aromatic heterocycles. The van der Waals surface area contributed by atoms with Gasteiger partial charge in [-0.3, -0.25) is 0 Å². The van der Waals surface area contributed by atoms with Crippen LogP contribution in [0.3, 0.4) is 0 Å². The Bertz CT molecular complexity index is 2120. The lowest BCUT2D eigenvalue weighted by atomic mass is 9.92. The van der Waals surface area contributed by atoms with Crippen molar-refractivity contribution in [2.45, 2.75) is 12.3 Å². The highest BCUT2D eigenvalue weighted by atomic mass is 15.2. The Balaban J connectivity index is 1.55. The van der Waals surface area contributed by atoms with Gasteiger partial charge in [-0.2, -0.15) is 5.10 Å². The van der Waals surface area contributed by atoms with E-state index in [4.69, 9.17) is 15.1 Å². The average molecular weight is 527 g/mol. The smallest absolute Gasteiger partial charge is 0.136 e. The zero-order chi connectivity index (χ0) is 27.2. The number of fused-ring (bicyclic) bond motifs is 4. The van der Waals surface area contributed by atoms with Crippen molar-refractivity contribution in [2.75, 3.05) is 0 Å². The minimum Gasteiger partial charge on any atom is -0.232 e. The maximum absolute atomic E-state index is 5.37. The van der Waals surface area contributed by atoms with Gasteiger partial charge in [0.1, 0.15) is 5.82 Å². The molecule has 4 aromatic carbocycles. The Morgan fingerprint density at radius 2 is 1.32 bits per heavy atom. The highest BCUT2D eigenvalue weighted by molar-refractivity contribution is 6.15. The van der Waals surface area contributed by atoms with Gasteiger partial charge in [0.05, 0.1) is 28.6 Å². The normalized spacial score (nSPS) is 14.8. The molecule has 0 saturated carbocycles. The number of pyridine rings is 1. The predicted molar refractivity (Wildman–Crippen MR) is 168 cm³/mol. The number of benzene rings is 4. The van der Waals surface area contributed by atoms with Crippen molar-refractivity contribution < 1.29 is 0 Å². The van der Waals surface area contributed by atoms with Gasteiger partial charge < -0.3 is 0 Å². The maximum atomic E-state index is 5.37. The van der Waals surface area contributed by atoms with Crippen molar-refractivity contribution in [3.8, 4) is 33.6 Å². The van der Waals surface area contributed by atoms with Gasteiger partial charge in [-0.1, -0.05) is 127 Å². The lowest BCUT2D eigenvalue weighted by Crippen LogP contribution is -2.07. The third-order valence-corrected chi connectivity index (χ3v) is 7.97. The standard InChI is InChI=1S/C37H26N4/c1-4-14-25(15-5-1)31-24-38-41-35(26-16-6-2-7-17-26)33(28-20-10-11-21-29(28)36(31)41)34-30-22-12-13-23-32(30)39-37(40-34)27-18-8-3-9-19-27/h1-18,20-24,27H,19H2. The summed E-state index contributed by atoms with van der Waals surface area (Å²) < 4.78 is 2.12. The van der Waals surface area contributed by atoms with Gasteiger partial charge in [0.25, 0.3) is 0 Å². The molecule has 0 saturated heterocycles. The fourth-order valence-corrected chi connectivity index (χ4v) is 6.07. The van der Waals surface area contributed by atoms with Crippen LogP contribution in [-0.4, -0.2) is 19.6 Å². The van der Waals surface area contributed by atoms with E-state index in [2.05, 4.69) is 138 Å². The summed E-state index contributed by atoms with van der Waals surface area (Å²) in [6, 6.07) is 38.1. The Kier molecular flexibility index (Phi) is 5.56. The molecule has 194 valence electrons. The van der Waals surface area contributed by atoms with Gasteiger partial charge in [0, 0.05) is 33.4 Å². The van der Waals surface area contributed by atoms with Crippen LogP contribution in [0, 0.1) is 0 Å². The molecule has 1 aliphatic rings. The second-order valence-electron chi connectivity index (χ2n) is 10.4. The minimum absolute atomic E-state index is 0.132. The summed E-state index contributed by atoms with van der Waals surface area (Å²) in [5, 5.41) is 8.37. The van der Waals surface area contributed by atoms with Crippen LogP contribution in [0.5, 0.6) is 0 Å². The monoisotopic (exact) mass is 526 g/mol. The van der Waals surface area contributed by atoms with Gasteiger partial charge in [-0.05, 0) is 23.4 Å². The Hall–Kier alpha value is -5.35. The first-order chi connectivity index (χ1) is 20.4. The topological polar surface area (TPSA) is 43.1 Å². The highest BCUT2D eigenvalue weighted by Gasteiger charge is 2.25. The van der Waals surface area contributed by atoms with Crippen molar-refractivity contribution in [3.05, 3.63) is 146 Å². The molecule has 3 heterocycles. The largest absolute Gasteiger partial charge is 0.232 e. The van der Waals surface area contributed by atoms with Gasteiger partial charge in [-0.25, -0.2) is 14.5 Å². The Morgan fingerprint density at radius 1 is 0.634 bits per heavy atom. The molecule has 1 atom stereocenters. The van der Waals surface area contributed by atoms with Crippen LogP contribution in [0.25, 0.3) is 60.8 Å². The molecule has 0 aliphatic heterocycles. The van der Waals surface area contributed by atoms with Crippen LogP contribution in [0.15, 0.2) is 140 Å². The first-order valence-corrected chi connectivity index (χ1v) is 14.0. The summed E-state index contributed by atoms with van der Waals surface area (Å²) in [6.45, 7) is 0. The van der Waals surface area contributed by atoms with E-state index in [1.54, 1.807) is 0 Å². The second-order valence-corrected chi connectivity index (χ2v) is 10.4. The van der Waals surface area contributed by atoms with E-state index >= 15 is 0 Å². The number of hydrogen-bond donors (Lipinski definition) is 0. The molecule has 0 N–H and O–H groups in total. The molecule has 4 heteroatoms. The summed E-state index contributed by atoms with van der Waals surface area (Å²) in [5.41, 5.74) is 8.40. The lowest BCUT2D eigenvalue weighted by molar-refractivity contribution is 0.781. The van der Waals surface area contributed by atoms with E-state index in [0.29, 0.717) is 0 Å². The molecule has 0 fully saturated rings. The second kappa shape index (κ2) is 9.68. The molecule has 41 heavy (non-hydrogen) atoms. The maximum Gasteiger partial charge on any atom is 0.136 e. The molecule has 7 aromatic rings. The van der Waals surface area contributed by atoms with Crippen molar-refractivity contribution in [3.63, 3.8) is 0 Å². The van der Waals surface area contributed by atoms with Crippen LogP contribution in [0.2, 0.25) is 0 Å². The van der Waals surface area contributed by atoms with Crippen molar-refractivity contribution in [1.82, 2.24) is 19.6 Å². The van der Waals surface area contributed by atoms with Crippen LogP contribution in [0.4, 0.5) is 0 Å². The zero-order valence-corrected chi connectivity index (χ0v) is 22.4. The summed E-state index contributed by atoms with van der Waals surface area (Å²) >= 11 is 0. The number of para-hydroxylation sites is 1. The SMILES string of the molecule is C1=CCC(c2nc(-c3c(-c4ccccc4)n4ncc(-c5ccccc5)c4c4ccccc34)c3ccccc3n2)C=C1. The molecule has 0 amide bonds. The average Bonchev–Trinajstić information content (AvgIpc) is 3.50. The summed E-state index contributed by atoms with van der Waals surface area (Å²) in [6.07, 6.45) is 11.5. The van der Waals surface area contributed by atoms with Crippen LogP contribution in [0.1, 0.15) is 18.2 Å². The van der Waals surface area contributed by atoms with Gasteiger partial charge in [0.2, 0.25) is 0 Å². The molecular weight excluding hydrogens is 500 g/mol. The fourth-order valence-electron chi connectivity index (χ4n) is 6.07. The molecule has 1 unspecified atom stereocenters. The lowest BCUT2D eigenvalue weighted by Gasteiger charge is -2.20. The summed E-state index contributed by atoms with van der Waals surface area (Å²) in [4.78, 5) is 10.4. The number of hydrogen-bond acceptors (Lipinski definition) is 3. The third kappa shape index (κ3) is 3.87. The zero-order valence-electron chi connectivity index (χ0n) is 22.4. The van der Waals surface area contributed by atoms with Crippen molar-refractivity contribution in [1.29, 1.82) is 0 Å². The fraction of sp³-hybridized carbons (Fsp3) is 0.0541. The van der Waals surface area contributed by atoms with E-state index in [9.17, 15) is 0 Å². The van der Waals surface area contributed by atoms with Crippen LogP contribution in [-0.2, 0) is 0 Å². The number of nitrogens with zero attached hydrogens (tertiary/aromatic N) is 4. The molecule has 0 radical (unpaired) electrons. The van der Waals surface area contributed by atoms with E-state index in [0.717, 1.165) is 73.1 Å². The minimum atomic E-state index is 0.132. The van der Waals surface area contributed by atoms with Gasteiger partial charge in [-0.15, -0.1) is 0 Å². The van der Waals surface area contributed by atoms with Gasteiger partial charge >= 0.3 is 0 Å². The number of allylic oxidation sites excluding steroid dienone is 4. The Labute approximate surface area is 238 Å². The Morgan fingerprint density at radius 3 is 2.07 bits per heavy atom. The summed E-state index contributed by atoms with van der Waals surface area (Å²) in [7, 11) is 0. The quantitative estimate of drug-likeness (QED) is 0.230. The van der Waals surface area contributed by atoms with E-state index in [1.807, 2.05) is 6.20 Å². The third-order valence-electron chi connectivity index (χ3n) is 7.97. The van der Waals surface area contributed by atoms with E-state index < -0.39 is 0 Å². The predicted octanol–water partition coefficient (Wildman–Crippen LogP) is 9.03. The molecule has 0 bridgehead atoms. The van der Waals surface area contributed by atoms with Crippen LogP contribution >= 0.6 is 0 Å². The van der Waals surface area contributed by atoms with Crippen LogP contribution < -0.4 is 0 Å². The van der Waals surface area contributed by atoms with E-state index in [1.165, 1.54) is 0 Å². The van der Waals surface area contributed by atoms with Gasteiger partial charge in [0.15, 0.2) is 0 Å². The van der Waals surface area contributed by atoms with Crippen molar-refractivity contribution >= 4 is 27.2 Å². The summed E-state index contributed by atoms with van der Waals surface area (Å²) in [5.74, 6) is 0.973. The molecule has 4 nitrogen and oxygen atoms in total. The van der Waals surface area contributed by atoms with E-state index in [-0.39, 0.29) is 5.92 Å². The highest BCUT2D eigenvalue weighted by Crippen LogP contribution is 2.44. The number of aromatic nitrogens is 4. The first-order valence-electron chi connectivity index (χ1n) is 14.0. The molecule has 8 rings (SSSR count). The molecule has 1 aliphatic carbocycles. The molecular formula is C37H26N4. The first kappa shape index (κ1) is 23.5. The van der Waals surface area contributed by atoms with Crippen molar-refractivity contribution in [2.24, 2.45) is 0 Å². The molecule has 0 spiro atoms. The number of rotatable bonds is 4.